The summed E-state index contributed by atoms with van der Waals surface area (Å²) in [4.78, 5) is 9.89. The van der Waals surface area contributed by atoms with E-state index in [9.17, 15) is 4.79 Å². The van der Waals surface area contributed by atoms with Gasteiger partial charge in [-0.2, -0.15) is 0 Å². The molecule has 0 aromatic carbocycles. The molecule has 0 amide bonds. The van der Waals surface area contributed by atoms with E-state index in [0.717, 1.165) is 6.42 Å². The average Bonchev–Trinajstić information content (AvgIpc) is 1.80. The Morgan fingerprint density at radius 2 is 2.22 bits per heavy atom. The summed E-state index contributed by atoms with van der Waals surface area (Å²) in [7, 11) is 0. The maximum Gasteiger partial charge on any atom is 0.307 e. The van der Waals surface area contributed by atoms with E-state index >= 15 is 0 Å². The lowest BCUT2D eigenvalue weighted by atomic mass is 10.3. The monoisotopic (exact) mass is 126 g/mol. The molecule has 2 heteroatoms. The summed E-state index contributed by atoms with van der Waals surface area (Å²) < 4.78 is 0. The first kappa shape index (κ1) is 7.95. The quantitative estimate of drug-likeness (QED) is 0.581. The maximum absolute atomic E-state index is 9.89. The van der Waals surface area contributed by atoms with Crippen molar-refractivity contribution in [3.05, 3.63) is 24.8 Å². The number of carbonyl (C=O) groups is 1. The molecule has 1 N–H and O–H groups in total. The first-order chi connectivity index (χ1) is 4.27. The Labute approximate surface area is 54.5 Å². The molecule has 50 valence electrons. The number of carboxylic acids is 1. The Kier molecular flexibility index (Phi) is 4.50. The first-order valence-electron chi connectivity index (χ1n) is 2.75. The molecule has 0 heterocycles. The molecule has 2 nitrogen and oxygen atoms in total. The van der Waals surface area contributed by atoms with Crippen molar-refractivity contribution in [2.75, 3.05) is 0 Å². The second-order valence-electron chi connectivity index (χ2n) is 1.59. The zero-order chi connectivity index (χ0) is 7.11. The highest BCUT2D eigenvalue weighted by molar-refractivity contribution is 5.68. The van der Waals surface area contributed by atoms with Crippen LogP contribution in [0, 0.1) is 0 Å². The van der Waals surface area contributed by atoms with Gasteiger partial charge in [0.05, 0.1) is 6.42 Å². The van der Waals surface area contributed by atoms with Gasteiger partial charge in [0, 0.05) is 0 Å². The standard InChI is InChI=1S/C7H10O2/c1-2-3-4-5-6-7(8)9/h2,4-5H,1,3,6H2,(H,8,9). The van der Waals surface area contributed by atoms with Gasteiger partial charge < -0.3 is 5.11 Å². The lowest BCUT2D eigenvalue weighted by molar-refractivity contribution is -0.136. The predicted molar refractivity (Wildman–Crippen MR) is 36.2 cm³/mol. The van der Waals surface area contributed by atoms with Gasteiger partial charge in [0.15, 0.2) is 0 Å². The van der Waals surface area contributed by atoms with Crippen LogP contribution in [-0.2, 0) is 4.79 Å². The van der Waals surface area contributed by atoms with E-state index in [0.29, 0.717) is 0 Å². The maximum atomic E-state index is 9.89. The number of hydrogen-bond donors (Lipinski definition) is 1. The fourth-order valence-corrected chi connectivity index (χ4v) is 0.377. The Hall–Kier alpha value is -1.05. The fourth-order valence-electron chi connectivity index (χ4n) is 0.377. The summed E-state index contributed by atoms with van der Waals surface area (Å²) in [6.45, 7) is 3.48. The summed E-state index contributed by atoms with van der Waals surface area (Å²) in [5.74, 6) is -0.796. The van der Waals surface area contributed by atoms with E-state index < -0.39 is 5.97 Å². The third kappa shape index (κ3) is 6.95. The minimum Gasteiger partial charge on any atom is -0.481 e. The summed E-state index contributed by atoms with van der Waals surface area (Å²) in [5.41, 5.74) is 0. The van der Waals surface area contributed by atoms with Gasteiger partial charge in [-0.05, 0) is 6.42 Å². The summed E-state index contributed by atoms with van der Waals surface area (Å²) >= 11 is 0. The van der Waals surface area contributed by atoms with Crippen LogP contribution in [0.4, 0.5) is 0 Å². The van der Waals surface area contributed by atoms with E-state index in [1.807, 2.05) is 0 Å². The molecule has 0 aliphatic rings. The van der Waals surface area contributed by atoms with E-state index in [1.165, 1.54) is 0 Å². The van der Waals surface area contributed by atoms with Crippen molar-refractivity contribution >= 4 is 5.97 Å². The molecule has 0 spiro atoms. The van der Waals surface area contributed by atoms with Gasteiger partial charge in [-0.15, -0.1) is 6.58 Å². The van der Waals surface area contributed by atoms with Crippen LogP contribution in [0.25, 0.3) is 0 Å². The molecule has 0 bridgehead atoms. The summed E-state index contributed by atoms with van der Waals surface area (Å²) in [6.07, 6.45) is 5.96. The van der Waals surface area contributed by atoms with Crippen LogP contribution in [0.2, 0.25) is 0 Å². The van der Waals surface area contributed by atoms with Crippen molar-refractivity contribution in [1.82, 2.24) is 0 Å². The zero-order valence-electron chi connectivity index (χ0n) is 5.21. The molecule has 0 aromatic rings. The molecule has 0 aliphatic carbocycles. The van der Waals surface area contributed by atoms with Gasteiger partial charge in [0.25, 0.3) is 0 Å². The second-order valence-corrected chi connectivity index (χ2v) is 1.59. The molecule has 0 fully saturated rings. The SMILES string of the molecule is C=CCC=CCC(=O)O. The average molecular weight is 126 g/mol. The Balaban J connectivity index is 3.24. The number of hydrogen-bond acceptors (Lipinski definition) is 1. The molecular formula is C7H10O2. The van der Waals surface area contributed by atoms with Gasteiger partial charge in [0.1, 0.15) is 0 Å². The largest absolute Gasteiger partial charge is 0.481 e. The Morgan fingerprint density at radius 3 is 2.67 bits per heavy atom. The summed E-state index contributed by atoms with van der Waals surface area (Å²) in [5, 5.41) is 8.14. The highest BCUT2D eigenvalue weighted by Gasteiger charge is 1.86. The topological polar surface area (TPSA) is 37.3 Å². The number of rotatable bonds is 4. The minimum atomic E-state index is -0.796. The van der Waals surface area contributed by atoms with E-state index in [1.54, 1.807) is 18.2 Å². The lowest BCUT2D eigenvalue weighted by Crippen LogP contribution is -1.89. The van der Waals surface area contributed by atoms with Crippen LogP contribution < -0.4 is 0 Å². The van der Waals surface area contributed by atoms with Crippen LogP contribution in [0.15, 0.2) is 24.8 Å². The van der Waals surface area contributed by atoms with Crippen molar-refractivity contribution in [3.63, 3.8) is 0 Å². The van der Waals surface area contributed by atoms with Crippen LogP contribution in [0.5, 0.6) is 0 Å². The van der Waals surface area contributed by atoms with Gasteiger partial charge >= 0.3 is 5.97 Å². The zero-order valence-corrected chi connectivity index (χ0v) is 5.21. The van der Waals surface area contributed by atoms with E-state index in [-0.39, 0.29) is 6.42 Å². The first-order valence-corrected chi connectivity index (χ1v) is 2.75. The number of allylic oxidation sites excluding steroid dienone is 2. The van der Waals surface area contributed by atoms with Crippen molar-refractivity contribution in [3.8, 4) is 0 Å². The predicted octanol–water partition coefficient (Wildman–Crippen LogP) is 1.59. The molecule has 0 rings (SSSR count). The van der Waals surface area contributed by atoms with Crippen molar-refractivity contribution < 1.29 is 9.90 Å². The Morgan fingerprint density at radius 1 is 1.56 bits per heavy atom. The van der Waals surface area contributed by atoms with Gasteiger partial charge in [-0.3, -0.25) is 4.79 Å². The van der Waals surface area contributed by atoms with Crippen molar-refractivity contribution in [2.24, 2.45) is 0 Å². The molecule has 0 unspecified atom stereocenters. The summed E-state index contributed by atoms with van der Waals surface area (Å²) in [6, 6.07) is 0. The normalized spacial score (nSPS) is 9.78. The molecule has 0 aliphatic heterocycles. The third-order valence-corrected chi connectivity index (χ3v) is 0.762. The Bertz CT molecular complexity index is 125. The van der Waals surface area contributed by atoms with Crippen molar-refractivity contribution in [2.45, 2.75) is 12.8 Å². The van der Waals surface area contributed by atoms with E-state index in [2.05, 4.69) is 6.58 Å². The molecule has 0 aromatic heterocycles. The molecule has 0 atom stereocenters. The lowest BCUT2D eigenvalue weighted by Gasteiger charge is -1.81. The van der Waals surface area contributed by atoms with Gasteiger partial charge in [-0.25, -0.2) is 0 Å². The van der Waals surface area contributed by atoms with Crippen LogP contribution >= 0.6 is 0 Å². The van der Waals surface area contributed by atoms with Crippen LogP contribution in [0.1, 0.15) is 12.8 Å². The number of aliphatic carboxylic acids is 1. The highest BCUT2D eigenvalue weighted by Crippen LogP contribution is 1.86. The molecule has 0 radical (unpaired) electrons. The van der Waals surface area contributed by atoms with Gasteiger partial charge in [0.2, 0.25) is 0 Å². The van der Waals surface area contributed by atoms with Crippen LogP contribution in [-0.4, -0.2) is 11.1 Å². The third-order valence-electron chi connectivity index (χ3n) is 0.762. The molecule has 0 saturated carbocycles. The van der Waals surface area contributed by atoms with Crippen molar-refractivity contribution in [1.29, 1.82) is 0 Å². The fraction of sp³-hybridized carbons (Fsp3) is 0.286. The minimum absolute atomic E-state index is 0.105. The van der Waals surface area contributed by atoms with Crippen LogP contribution in [0.3, 0.4) is 0 Å². The van der Waals surface area contributed by atoms with E-state index in [4.69, 9.17) is 5.11 Å². The highest BCUT2D eigenvalue weighted by atomic mass is 16.4. The molecular weight excluding hydrogens is 116 g/mol. The molecule has 0 saturated heterocycles. The molecule has 9 heavy (non-hydrogen) atoms. The second kappa shape index (κ2) is 5.09. The van der Waals surface area contributed by atoms with Gasteiger partial charge in [-0.1, -0.05) is 18.2 Å². The number of carboxylic acid groups (broad SMARTS) is 1. The smallest absolute Gasteiger partial charge is 0.307 e.